The zero-order valence-electron chi connectivity index (χ0n) is 21.1. The second-order valence-electron chi connectivity index (χ2n) is 11.0. The summed E-state index contributed by atoms with van der Waals surface area (Å²) in [5.41, 5.74) is 1.74. The number of urea groups is 1. The van der Waals surface area contributed by atoms with Gasteiger partial charge in [0.25, 0.3) is 0 Å². The monoisotopic (exact) mass is 457 g/mol. The second kappa shape index (κ2) is 11.3. The topological polar surface area (TPSA) is 61.9 Å². The summed E-state index contributed by atoms with van der Waals surface area (Å²) in [5, 5.41) is 3.00. The van der Waals surface area contributed by atoms with Gasteiger partial charge in [0.05, 0.1) is 0 Å². The van der Waals surface area contributed by atoms with Crippen LogP contribution in [0.2, 0.25) is 0 Å². The van der Waals surface area contributed by atoms with Crippen LogP contribution in [0.25, 0.3) is 0 Å². The van der Waals surface area contributed by atoms with Gasteiger partial charge in [-0.25, -0.2) is 9.59 Å². The maximum atomic E-state index is 12.6. The minimum Gasteiger partial charge on any atom is -0.444 e. The average Bonchev–Trinajstić information content (AvgIpc) is 2.68. The molecular weight excluding hydrogens is 414 g/mol. The molecule has 0 saturated carbocycles. The van der Waals surface area contributed by atoms with Crippen molar-refractivity contribution in [3.63, 3.8) is 0 Å². The van der Waals surface area contributed by atoms with Gasteiger partial charge >= 0.3 is 12.1 Å². The first-order chi connectivity index (χ1) is 15.7. The van der Waals surface area contributed by atoms with Gasteiger partial charge in [0.2, 0.25) is 0 Å². The van der Waals surface area contributed by atoms with Crippen molar-refractivity contribution in [2.45, 2.75) is 91.1 Å². The first-order valence-corrected chi connectivity index (χ1v) is 12.8. The number of unbranched alkanes of at least 4 members (excludes halogenated alkanes) is 7. The zero-order chi connectivity index (χ0) is 23.9. The lowest BCUT2D eigenvalue weighted by Crippen LogP contribution is -2.74. The van der Waals surface area contributed by atoms with Gasteiger partial charge < -0.3 is 19.9 Å². The molecule has 0 aliphatic carbocycles. The highest BCUT2D eigenvalue weighted by molar-refractivity contribution is 5.90. The van der Waals surface area contributed by atoms with Gasteiger partial charge in [-0.15, -0.1) is 0 Å². The van der Waals surface area contributed by atoms with E-state index in [1.807, 2.05) is 37.8 Å². The first-order valence-electron chi connectivity index (χ1n) is 12.8. The van der Waals surface area contributed by atoms with Crippen LogP contribution in [-0.4, -0.2) is 53.7 Å². The van der Waals surface area contributed by atoms with Crippen LogP contribution in [0, 0.1) is 5.41 Å². The van der Waals surface area contributed by atoms with Crippen LogP contribution < -0.4 is 5.32 Å². The molecule has 0 unspecified atom stereocenters. The molecular formula is C27H43N3O3. The van der Waals surface area contributed by atoms with E-state index < -0.39 is 5.60 Å². The average molecular weight is 458 g/mol. The maximum absolute atomic E-state index is 12.6. The highest BCUT2D eigenvalue weighted by Crippen LogP contribution is 2.40. The van der Waals surface area contributed by atoms with Gasteiger partial charge in [-0.2, -0.15) is 0 Å². The molecule has 1 N–H and O–H groups in total. The summed E-state index contributed by atoms with van der Waals surface area (Å²) < 4.78 is 5.41. The standard InChI is InChI=1S/C27H43N3O3/c1-5-6-7-8-9-10-11-12-13-22-14-16-23(17-15-22)28-24(31)29-18-27(19-29)20-30(21-27)25(32)33-26(2,3)4/h14-17H,5-13,18-21H2,1-4H3,(H,28,31). The molecule has 0 aromatic heterocycles. The molecule has 0 atom stereocenters. The summed E-state index contributed by atoms with van der Waals surface area (Å²) in [6.07, 6.45) is 11.5. The van der Waals surface area contributed by atoms with Crippen molar-refractivity contribution < 1.29 is 14.3 Å². The Bertz CT molecular complexity index is 771. The third-order valence-electron chi connectivity index (χ3n) is 6.57. The van der Waals surface area contributed by atoms with E-state index in [2.05, 4.69) is 24.4 Å². The maximum Gasteiger partial charge on any atom is 0.410 e. The van der Waals surface area contributed by atoms with E-state index in [-0.39, 0.29) is 17.5 Å². The smallest absolute Gasteiger partial charge is 0.410 e. The second-order valence-corrected chi connectivity index (χ2v) is 11.0. The number of carbonyl (C=O) groups excluding carboxylic acids is 2. The fourth-order valence-corrected chi connectivity index (χ4v) is 4.75. The summed E-state index contributed by atoms with van der Waals surface area (Å²) in [4.78, 5) is 28.2. The third-order valence-corrected chi connectivity index (χ3v) is 6.57. The Morgan fingerprint density at radius 2 is 1.42 bits per heavy atom. The molecule has 1 aromatic rings. The Labute approximate surface area is 200 Å². The van der Waals surface area contributed by atoms with E-state index in [0.29, 0.717) is 26.2 Å². The Morgan fingerprint density at radius 3 is 2.00 bits per heavy atom. The molecule has 0 radical (unpaired) electrons. The number of rotatable bonds is 10. The van der Waals surface area contributed by atoms with Crippen molar-refractivity contribution >= 4 is 17.8 Å². The van der Waals surface area contributed by atoms with Crippen molar-refractivity contribution in [2.24, 2.45) is 5.41 Å². The van der Waals surface area contributed by atoms with Crippen molar-refractivity contribution in [1.29, 1.82) is 0 Å². The van der Waals surface area contributed by atoms with Gasteiger partial charge in [-0.3, -0.25) is 0 Å². The van der Waals surface area contributed by atoms with Gasteiger partial charge in [-0.1, -0.05) is 64.0 Å². The van der Waals surface area contributed by atoms with E-state index >= 15 is 0 Å². The van der Waals surface area contributed by atoms with E-state index in [1.165, 1.54) is 56.9 Å². The summed E-state index contributed by atoms with van der Waals surface area (Å²) in [5.74, 6) is 0. The molecule has 1 aromatic carbocycles. The van der Waals surface area contributed by atoms with Crippen LogP contribution in [0.1, 0.15) is 84.6 Å². The fourth-order valence-electron chi connectivity index (χ4n) is 4.75. The van der Waals surface area contributed by atoms with Crippen molar-refractivity contribution in [2.75, 3.05) is 31.5 Å². The van der Waals surface area contributed by atoms with E-state index in [9.17, 15) is 9.59 Å². The minimum atomic E-state index is -0.477. The molecule has 2 aliphatic heterocycles. The largest absolute Gasteiger partial charge is 0.444 e. The molecule has 2 fully saturated rings. The number of benzene rings is 1. The molecule has 2 heterocycles. The van der Waals surface area contributed by atoms with Crippen molar-refractivity contribution in [3.8, 4) is 0 Å². The molecule has 33 heavy (non-hydrogen) atoms. The van der Waals surface area contributed by atoms with E-state index in [4.69, 9.17) is 4.74 Å². The summed E-state index contributed by atoms with van der Waals surface area (Å²) >= 11 is 0. The number of amides is 3. The Hall–Kier alpha value is -2.24. The number of aryl methyl sites for hydroxylation is 1. The highest BCUT2D eigenvalue weighted by Gasteiger charge is 2.55. The normalized spacial score (nSPS) is 16.8. The van der Waals surface area contributed by atoms with Crippen LogP contribution in [0.4, 0.5) is 15.3 Å². The number of nitrogens with one attached hydrogen (secondary N) is 1. The summed E-state index contributed by atoms with van der Waals surface area (Å²) in [6.45, 7) is 10.6. The van der Waals surface area contributed by atoms with E-state index in [1.54, 1.807) is 4.90 Å². The van der Waals surface area contributed by atoms with Gasteiger partial charge in [-0.05, 0) is 51.3 Å². The summed E-state index contributed by atoms with van der Waals surface area (Å²) in [6, 6.07) is 8.19. The van der Waals surface area contributed by atoms with Crippen LogP contribution in [0.15, 0.2) is 24.3 Å². The quantitative estimate of drug-likeness (QED) is 0.410. The number of carbonyl (C=O) groups is 2. The van der Waals surface area contributed by atoms with Crippen LogP contribution >= 0.6 is 0 Å². The number of hydrogen-bond acceptors (Lipinski definition) is 3. The molecule has 6 heteroatoms. The molecule has 2 aliphatic rings. The van der Waals surface area contributed by atoms with Crippen molar-refractivity contribution in [3.05, 3.63) is 29.8 Å². The van der Waals surface area contributed by atoms with Crippen molar-refractivity contribution in [1.82, 2.24) is 9.80 Å². The number of ether oxygens (including phenoxy) is 1. The highest BCUT2D eigenvalue weighted by atomic mass is 16.6. The first kappa shape index (κ1) is 25.4. The number of likely N-dealkylation sites (tertiary alicyclic amines) is 2. The van der Waals surface area contributed by atoms with Gasteiger partial charge in [0.15, 0.2) is 0 Å². The number of hydrogen-bond donors (Lipinski definition) is 1. The predicted octanol–water partition coefficient (Wildman–Crippen LogP) is 6.45. The van der Waals surface area contributed by atoms with Gasteiger partial charge in [0, 0.05) is 37.3 Å². The summed E-state index contributed by atoms with van der Waals surface area (Å²) in [7, 11) is 0. The predicted molar refractivity (Wildman–Crippen MR) is 134 cm³/mol. The SMILES string of the molecule is CCCCCCCCCCc1ccc(NC(=O)N2CC3(C2)CN(C(=O)OC(C)(C)C)C3)cc1. The van der Waals surface area contributed by atoms with Crippen LogP contribution in [-0.2, 0) is 11.2 Å². The molecule has 3 rings (SSSR count). The molecule has 1 spiro atoms. The zero-order valence-corrected chi connectivity index (χ0v) is 21.1. The lowest BCUT2D eigenvalue weighted by Gasteiger charge is -2.59. The van der Waals surface area contributed by atoms with E-state index in [0.717, 1.165) is 12.1 Å². The fraction of sp³-hybridized carbons (Fsp3) is 0.704. The lowest BCUT2D eigenvalue weighted by molar-refractivity contribution is -0.0935. The molecule has 184 valence electrons. The Morgan fingerprint density at radius 1 is 0.879 bits per heavy atom. The Balaban J connectivity index is 1.29. The number of anilines is 1. The lowest BCUT2D eigenvalue weighted by atomic mass is 9.73. The molecule has 6 nitrogen and oxygen atoms in total. The van der Waals surface area contributed by atoms with Gasteiger partial charge in [0.1, 0.15) is 5.60 Å². The third kappa shape index (κ3) is 7.65. The molecule has 3 amide bonds. The Kier molecular flexibility index (Phi) is 8.66. The number of nitrogens with zero attached hydrogens (tertiary/aromatic N) is 2. The van der Waals surface area contributed by atoms with Crippen LogP contribution in [0.3, 0.4) is 0 Å². The van der Waals surface area contributed by atoms with Crippen LogP contribution in [0.5, 0.6) is 0 Å². The molecule has 2 saturated heterocycles. The minimum absolute atomic E-state index is 0.0497. The molecule has 0 bridgehead atoms.